The molecule has 0 saturated carbocycles. The van der Waals surface area contributed by atoms with Crippen LogP contribution in [0, 0.1) is 11.3 Å². The number of ether oxygens (including phenoxy) is 1. The summed E-state index contributed by atoms with van der Waals surface area (Å²) < 4.78 is 12.3. The van der Waals surface area contributed by atoms with Gasteiger partial charge in [-0.1, -0.05) is 0 Å². The number of nitrogens with zero attached hydrogens (tertiary/aromatic N) is 3. The molecular weight excluding hydrogens is 350 g/mol. The SMILES string of the molecule is C[C@@H](CC#N)NC(=O)c1nn(C2CCCCO2)cc1NC(=O)c1ccco1. The first kappa shape index (κ1) is 18.7. The van der Waals surface area contributed by atoms with Crippen molar-refractivity contribution >= 4 is 17.5 Å². The van der Waals surface area contributed by atoms with Crippen molar-refractivity contribution in [3.05, 3.63) is 36.0 Å². The number of amides is 2. The molecular formula is C18H21N5O4. The normalized spacial score (nSPS) is 17.7. The first-order chi connectivity index (χ1) is 13.1. The second-order valence-corrected chi connectivity index (χ2v) is 6.36. The third-order valence-electron chi connectivity index (χ3n) is 4.17. The largest absolute Gasteiger partial charge is 0.459 e. The van der Waals surface area contributed by atoms with E-state index in [0.29, 0.717) is 6.61 Å². The van der Waals surface area contributed by atoms with E-state index in [1.807, 2.05) is 6.07 Å². The van der Waals surface area contributed by atoms with Crippen molar-refractivity contribution in [2.75, 3.05) is 11.9 Å². The first-order valence-corrected chi connectivity index (χ1v) is 8.82. The molecule has 27 heavy (non-hydrogen) atoms. The first-order valence-electron chi connectivity index (χ1n) is 8.82. The molecule has 2 N–H and O–H groups in total. The van der Waals surface area contributed by atoms with Gasteiger partial charge in [0.25, 0.3) is 11.8 Å². The summed E-state index contributed by atoms with van der Waals surface area (Å²) in [5, 5.41) is 18.5. The van der Waals surface area contributed by atoms with Crippen LogP contribution in [-0.2, 0) is 4.74 Å². The number of hydrogen-bond acceptors (Lipinski definition) is 6. The molecule has 9 heteroatoms. The fourth-order valence-electron chi connectivity index (χ4n) is 2.80. The van der Waals surface area contributed by atoms with Gasteiger partial charge in [0.05, 0.1) is 30.6 Å². The van der Waals surface area contributed by atoms with E-state index in [1.54, 1.807) is 23.9 Å². The van der Waals surface area contributed by atoms with Crippen LogP contribution in [-0.4, -0.2) is 34.2 Å². The highest BCUT2D eigenvalue weighted by Crippen LogP contribution is 2.25. The summed E-state index contributed by atoms with van der Waals surface area (Å²) in [7, 11) is 0. The number of furan rings is 1. The number of hydrogen-bond donors (Lipinski definition) is 2. The molecule has 2 aromatic heterocycles. The van der Waals surface area contributed by atoms with Gasteiger partial charge in [0, 0.05) is 12.6 Å². The standard InChI is InChI=1S/C18H21N5O4/c1-12(7-8-19)20-18(25)16-13(21-17(24)14-5-4-10-26-14)11-23(22-16)15-6-2-3-9-27-15/h4-5,10-12,15H,2-3,6-7,9H2,1H3,(H,20,25)(H,21,24)/t12-,15?/m0/s1. The lowest BCUT2D eigenvalue weighted by Crippen LogP contribution is -2.33. The van der Waals surface area contributed by atoms with E-state index in [9.17, 15) is 9.59 Å². The van der Waals surface area contributed by atoms with E-state index >= 15 is 0 Å². The Morgan fingerprint density at radius 1 is 1.44 bits per heavy atom. The predicted molar refractivity (Wildman–Crippen MR) is 94.9 cm³/mol. The molecule has 1 fully saturated rings. The number of carbonyl (C=O) groups excluding carboxylic acids is 2. The van der Waals surface area contributed by atoms with Gasteiger partial charge in [0.1, 0.15) is 6.23 Å². The summed E-state index contributed by atoms with van der Waals surface area (Å²) in [5.74, 6) is -0.828. The number of carbonyl (C=O) groups is 2. The zero-order chi connectivity index (χ0) is 19.2. The van der Waals surface area contributed by atoms with Crippen LogP contribution in [0.25, 0.3) is 0 Å². The molecule has 3 heterocycles. The lowest BCUT2D eigenvalue weighted by molar-refractivity contribution is -0.0395. The topological polar surface area (TPSA) is 122 Å². The molecule has 1 aliphatic rings. The molecule has 0 radical (unpaired) electrons. The maximum atomic E-state index is 12.6. The van der Waals surface area contributed by atoms with Gasteiger partial charge in [-0.05, 0) is 38.3 Å². The summed E-state index contributed by atoms with van der Waals surface area (Å²) >= 11 is 0. The Balaban J connectivity index is 1.84. The van der Waals surface area contributed by atoms with E-state index in [2.05, 4.69) is 15.7 Å². The number of rotatable bonds is 6. The molecule has 2 amide bonds. The fraction of sp³-hybridized carbons (Fsp3) is 0.444. The van der Waals surface area contributed by atoms with Crippen LogP contribution in [0.15, 0.2) is 29.0 Å². The monoisotopic (exact) mass is 371 g/mol. The molecule has 0 aromatic carbocycles. The Labute approximate surface area is 156 Å². The Morgan fingerprint density at radius 2 is 2.30 bits per heavy atom. The minimum absolute atomic E-state index is 0.0638. The summed E-state index contributed by atoms with van der Waals surface area (Å²) in [4.78, 5) is 24.9. The predicted octanol–water partition coefficient (Wildman–Crippen LogP) is 2.46. The van der Waals surface area contributed by atoms with Crippen molar-refractivity contribution in [2.24, 2.45) is 0 Å². The van der Waals surface area contributed by atoms with Crippen molar-refractivity contribution < 1.29 is 18.7 Å². The Hall–Kier alpha value is -3.12. The van der Waals surface area contributed by atoms with Gasteiger partial charge in [-0.25, -0.2) is 4.68 Å². The third kappa shape index (κ3) is 4.54. The van der Waals surface area contributed by atoms with Crippen LogP contribution >= 0.6 is 0 Å². The Morgan fingerprint density at radius 3 is 2.96 bits per heavy atom. The molecule has 1 aliphatic heterocycles. The quantitative estimate of drug-likeness (QED) is 0.804. The van der Waals surface area contributed by atoms with Crippen LogP contribution in [0.4, 0.5) is 5.69 Å². The highest BCUT2D eigenvalue weighted by molar-refractivity contribution is 6.07. The van der Waals surface area contributed by atoms with Gasteiger partial charge in [0.15, 0.2) is 11.5 Å². The zero-order valence-electron chi connectivity index (χ0n) is 15.0. The molecule has 142 valence electrons. The van der Waals surface area contributed by atoms with E-state index < -0.39 is 11.8 Å². The number of anilines is 1. The molecule has 9 nitrogen and oxygen atoms in total. The molecule has 0 bridgehead atoms. The maximum absolute atomic E-state index is 12.6. The average molecular weight is 371 g/mol. The van der Waals surface area contributed by atoms with E-state index in [4.69, 9.17) is 14.4 Å². The van der Waals surface area contributed by atoms with E-state index in [0.717, 1.165) is 19.3 Å². The molecule has 2 atom stereocenters. The van der Waals surface area contributed by atoms with Crippen molar-refractivity contribution in [3.8, 4) is 6.07 Å². The molecule has 0 aliphatic carbocycles. The molecule has 1 saturated heterocycles. The van der Waals surface area contributed by atoms with Crippen molar-refractivity contribution in [2.45, 2.75) is 44.9 Å². The van der Waals surface area contributed by atoms with Crippen molar-refractivity contribution in [1.82, 2.24) is 15.1 Å². The lowest BCUT2D eigenvalue weighted by Gasteiger charge is -2.22. The zero-order valence-corrected chi connectivity index (χ0v) is 15.0. The minimum Gasteiger partial charge on any atom is -0.459 e. The molecule has 0 spiro atoms. The number of nitrogens with one attached hydrogen (secondary N) is 2. The van der Waals surface area contributed by atoms with Gasteiger partial charge in [0.2, 0.25) is 0 Å². The molecule has 3 rings (SSSR count). The molecule has 1 unspecified atom stereocenters. The average Bonchev–Trinajstić information content (AvgIpc) is 3.33. The minimum atomic E-state index is -0.483. The van der Waals surface area contributed by atoms with Gasteiger partial charge in [-0.3, -0.25) is 9.59 Å². The van der Waals surface area contributed by atoms with E-state index in [1.165, 1.54) is 12.3 Å². The highest BCUT2D eigenvalue weighted by Gasteiger charge is 2.25. The molecule has 2 aromatic rings. The van der Waals surface area contributed by atoms with Crippen LogP contribution in [0.2, 0.25) is 0 Å². The van der Waals surface area contributed by atoms with Crippen LogP contribution in [0.3, 0.4) is 0 Å². The Kier molecular flexibility index (Phi) is 5.88. The lowest BCUT2D eigenvalue weighted by atomic mass is 10.2. The second-order valence-electron chi connectivity index (χ2n) is 6.36. The summed E-state index contributed by atoms with van der Waals surface area (Å²) in [5.41, 5.74) is 0.320. The van der Waals surface area contributed by atoms with Crippen molar-refractivity contribution in [1.29, 1.82) is 5.26 Å². The van der Waals surface area contributed by atoms with Crippen LogP contribution in [0.1, 0.15) is 59.9 Å². The summed E-state index contributed by atoms with van der Waals surface area (Å²) in [6.07, 6.45) is 5.63. The van der Waals surface area contributed by atoms with Crippen molar-refractivity contribution in [3.63, 3.8) is 0 Å². The van der Waals surface area contributed by atoms with E-state index in [-0.39, 0.29) is 35.8 Å². The fourth-order valence-corrected chi connectivity index (χ4v) is 2.80. The van der Waals surface area contributed by atoms with Gasteiger partial charge >= 0.3 is 0 Å². The smallest absolute Gasteiger partial charge is 0.291 e. The van der Waals surface area contributed by atoms with Crippen LogP contribution < -0.4 is 10.6 Å². The number of nitriles is 1. The summed E-state index contributed by atoms with van der Waals surface area (Å²) in [6, 6.07) is 4.79. The highest BCUT2D eigenvalue weighted by atomic mass is 16.5. The second kappa shape index (κ2) is 8.51. The Bertz CT molecular complexity index is 831. The van der Waals surface area contributed by atoms with Gasteiger partial charge < -0.3 is 19.8 Å². The van der Waals surface area contributed by atoms with Gasteiger partial charge in [-0.2, -0.15) is 10.4 Å². The maximum Gasteiger partial charge on any atom is 0.291 e. The summed E-state index contributed by atoms with van der Waals surface area (Å²) in [6.45, 7) is 2.35. The third-order valence-corrected chi connectivity index (χ3v) is 4.17. The van der Waals surface area contributed by atoms with Crippen LogP contribution in [0.5, 0.6) is 0 Å². The number of aromatic nitrogens is 2. The van der Waals surface area contributed by atoms with Gasteiger partial charge in [-0.15, -0.1) is 0 Å².